The van der Waals surface area contributed by atoms with E-state index >= 15 is 0 Å². The van der Waals surface area contributed by atoms with Crippen LogP contribution < -0.4 is 10.2 Å². The molecule has 1 aromatic heterocycles. The van der Waals surface area contributed by atoms with Crippen LogP contribution in [0.5, 0.6) is 0 Å². The Bertz CT molecular complexity index is 918. The van der Waals surface area contributed by atoms with Crippen molar-refractivity contribution in [3.8, 4) is 11.5 Å². The van der Waals surface area contributed by atoms with E-state index in [0.717, 1.165) is 44.3 Å². The van der Waals surface area contributed by atoms with Crippen molar-refractivity contribution in [2.75, 3.05) is 18.0 Å². The summed E-state index contributed by atoms with van der Waals surface area (Å²) in [4.78, 5) is 22.8. The van der Waals surface area contributed by atoms with E-state index in [4.69, 9.17) is 9.15 Å². The Hall–Kier alpha value is -2.67. The summed E-state index contributed by atoms with van der Waals surface area (Å²) in [6.45, 7) is 7.63. The molecule has 0 radical (unpaired) electrons. The smallest absolute Gasteiger partial charge is 0.433 e. The Balaban J connectivity index is 1.35. The largest absolute Gasteiger partial charge is 0.445 e. The van der Waals surface area contributed by atoms with Crippen LogP contribution in [0, 0.1) is 5.92 Å². The highest BCUT2D eigenvalue weighted by molar-refractivity contribution is 5.80. The lowest BCUT2D eigenvalue weighted by Gasteiger charge is -2.39. The minimum atomic E-state index is -0.517. The predicted molar refractivity (Wildman–Crippen MR) is 131 cm³/mol. The van der Waals surface area contributed by atoms with Gasteiger partial charge in [0.25, 0.3) is 0 Å². The molecule has 7 heteroatoms. The molecule has 2 aromatic rings. The molecule has 1 N–H and O–H groups in total. The molecular formula is C26H36N4O3. The third kappa shape index (κ3) is 6.67. The Morgan fingerprint density at radius 2 is 1.97 bits per heavy atom. The molecule has 4 rings (SSSR count). The molecule has 3 atom stereocenters. The van der Waals surface area contributed by atoms with Crippen LogP contribution in [-0.2, 0) is 4.74 Å². The van der Waals surface area contributed by atoms with Gasteiger partial charge in [0.05, 0.1) is 6.20 Å². The average molecular weight is 453 g/mol. The van der Waals surface area contributed by atoms with Crippen molar-refractivity contribution in [1.82, 2.24) is 10.3 Å². The maximum Gasteiger partial charge on any atom is 0.433 e. The molecule has 2 fully saturated rings. The number of rotatable bonds is 5. The predicted octanol–water partition coefficient (Wildman–Crippen LogP) is 5.46. The topological polar surface area (TPSA) is 80.0 Å². The summed E-state index contributed by atoms with van der Waals surface area (Å²) in [5.74, 6) is 0.915. The number of anilines is 1. The van der Waals surface area contributed by atoms with Gasteiger partial charge in [-0.15, -0.1) is 0 Å². The molecule has 0 spiro atoms. The molecule has 1 aliphatic carbocycles. The fourth-order valence-corrected chi connectivity index (χ4v) is 4.82. The van der Waals surface area contributed by atoms with Crippen molar-refractivity contribution in [2.24, 2.45) is 10.9 Å². The maximum atomic E-state index is 12.0. The van der Waals surface area contributed by atoms with E-state index in [0.29, 0.717) is 18.0 Å². The van der Waals surface area contributed by atoms with Crippen LogP contribution in [-0.4, -0.2) is 48.1 Å². The van der Waals surface area contributed by atoms with Gasteiger partial charge in [-0.1, -0.05) is 12.8 Å². The minimum Gasteiger partial charge on any atom is -0.445 e. The standard InChI is InChI=1S/C26H36N4O3/c1-26(2,3)33-25(31)28-17-20-7-4-5-9-23(20)29-21-8-6-15-30(18-21)22-12-10-19(11-13-22)24-27-14-16-32-24/h10-14,16-17,20-21,23,29H,4-9,15,18H2,1-3H3. The second-order valence-corrected chi connectivity index (χ2v) is 10.1. The number of aromatic nitrogens is 1. The van der Waals surface area contributed by atoms with Gasteiger partial charge in [-0.2, -0.15) is 4.99 Å². The molecule has 3 unspecified atom stereocenters. The summed E-state index contributed by atoms with van der Waals surface area (Å²) in [5, 5.41) is 3.90. The third-order valence-corrected chi connectivity index (χ3v) is 6.37. The zero-order valence-electron chi connectivity index (χ0n) is 20.0. The first-order valence-electron chi connectivity index (χ1n) is 12.2. The highest BCUT2D eigenvalue weighted by atomic mass is 16.6. The number of carbonyl (C=O) groups is 1. The van der Waals surface area contributed by atoms with Gasteiger partial charge in [-0.3, -0.25) is 0 Å². The first-order valence-corrected chi connectivity index (χ1v) is 12.2. The summed E-state index contributed by atoms with van der Waals surface area (Å²) in [6, 6.07) is 9.22. The molecule has 1 amide bonds. The van der Waals surface area contributed by atoms with E-state index in [9.17, 15) is 4.79 Å². The summed E-state index contributed by atoms with van der Waals surface area (Å²) in [6.07, 6.45) is 11.5. The first kappa shape index (κ1) is 23.5. The van der Waals surface area contributed by atoms with Gasteiger partial charge >= 0.3 is 6.09 Å². The quantitative estimate of drug-likeness (QED) is 0.607. The van der Waals surface area contributed by atoms with Crippen LogP contribution in [0.15, 0.2) is 46.1 Å². The first-order chi connectivity index (χ1) is 15.9. The monoisotopic (exact) mass is 452 g/mol. The number of nitrogens with one attached hydrogen (secondary N) is 1. The number of amides is 1. The zero-order valence-corrected chi connectivity index (χ0v) is 20.0. The van der Waals surface area contributed by atoms with Crippen molar-refractivity contribution in [2.45, 2.75) is 77.0 Å². The van der Waals surface area contributed by atoms with Crippen molar-refractivity contribution in [3.05, 3.63) is 36.7 Å². The molecule has 1 saturated carbocycles. The summed E-state index contributed by atoms with van der Waals surface area (Å²) >= 11 is 0. The van der Waals surface area contributed by atoms with Crippen LogP contribution in [0.3, 0.4) is 0 Å². The van der Waals surface area contributed by atoms with Crippen molar-refractivity contribution in [3.63, 3.8) is 0 Å². The van der Waals surface area contributed by atoms with E-state index in [1.54, 1.807) is 12.5 Å². The lowest BCUT2D eigenvalue weighted by Crippen LogP contribution is -2.52. The molecule has 1 aliphatic heterocycles. The Morgan fingerprint density at radius 1 is 1.18 bits per heavy atom. The van der Waals surface area contributed by atoms with E-state index in [-0.39, 0.29) is 5.92 Å². The van der Waals surface area contributed by atoms with Crippen LogP contribution in [0.25, 0.3) is 11.5 Å². The second kappa shape index (κ2) is 10.5. The van der Waals surface area contributed by atoms with Gasteiger partial charge in [-0.25, -0.2) is 9.78 Å². The van der Waals surface area contributed by atoms with E-state index in [1.165, 1.54) is 18.5 Å². The molecule has 0 bridgehead atoms. The summed E-state index contributed by atoms with van der Waals surface area (Å²) < 4.78 is 10.7. The lowest BCUT2D eigenvalue weighted by atomic mass is 9.84. The fourth-order valence-electron chi connectivity index (χ4n) is 4.82. The SMILES string of the molecule is CC(C)(C)OC(=O)N=CC1CCCCC1NC1CCCN(c2ccc(-c3ncco3)cc2)C1. The number of carbonyl (C=O) groups excluding carboxylic acids is 1. The van der Waals surface area contributed by atoms with E-state index in [2.05, 4.69) is 44.5 Å². The van der Waals surface area contributed by atoms with Gasteiger partial charge in [0.2, 0.25) is 5.89 Å². The van der Waals surface area contributed by atoms with Crippen molar-refractivity contribution >= 4 is 18.0 Å². The number of nitrogens with zero attached hydrogens (tertiary/aromatic N) is 3. The number of oxazole rings is 1. The third-order valence-electron chi connectivity index (χ3n) is 6.37. The fraction of sp³-hybridized carbons (Fsp3) is 0.577. The number of benzene rings is 1. The van der Waals surface area contributed by atoms with E-state index < -0.39 is 11.7 Å². The van der Waals surface area contributed by atoms with Crippen molar-refractivity contribution < 1.29 is 13.9 Å². The normalized spacial score (nSPS) is 24.2. The van der Waals surface area contributed by atoms with Gasteiger partial charge in [0, 0.05) is 48.6 Å². The maximum absolute atomic E-state index is 12.0. The molecule has 33 heavy (non-hydrogen) atoms. The molecular weight excluding hydrogens is 416 g/mol. The highest BCUT2D eigenvalue weighted by Gasteiger charge is 2.29. The number of hydrogen-bond acceptors (Lipinski definition) is 6. The van der Waals surface area contributed by atoms with E-state index in [1.807, 2.05) is 27.0 Å². The van der Waals surface area contributed by atoms with Gasteiger partial charge < -0.3 is 19.4 Å². The van der Waals surface area contributed by atoms with Crippen molar-refractivity contribution in [1.29, 1.82) is 0 Å². The second-order valence-electron chi connectivity index (χ2n) is 10.1. The zero-order chi connectivity index (χ0) is 23.3. The highest BCUT2D eigenvalue weighted by Crippen LogP contribution is 2.27. The molecule has 1 aromatic carbocycles. The molecule has 7 nitrogen and oxygen atoms in total. The van der Waals surface area contributed by atoms with Crippen LogP contribution in [0.1, 0.15) is 59.3 Å². The van der Waals surface area contributed by atoms with Gasteiger partial charge in [0.15, 0.2) is 0 Å². The lowest BCUT2D eigenvalue weighted by molar-refractivity contribution is 0.0604. The van der Waals surface area contributed by atoms with Gasteiger partial charge in [0.1, 0.15) is 11.9 Å². The van der Waals surface area contributed by atoms with Gasteiger partial charge in [-0.05, 0) is 70.7 Å². The molecule has 2 aliphatic rings. The molecule has 1 saturated heterocycles. The Labute approximate surface area is 196 Å². The number of ether oxygens (including phenoxy) is 1. The van der Waals surface area contributed by atoms with Crippen LogP contribution in [0.2, 0.25) is 0 Å². The number of piperidine rings is 1. The minimum absolute atomic E-state index is 0.265. The molecule has 178 valence electrons. The molecule has 2 heterocycles. The number of hydrogen-bond donors (Lipinski definition) is 1. The number of aliphatic imine (C=N–C) groups is 1. The summed E-state index contributed by atoms with van der Waals surface area (Å²) in [7, 11) is 0. The van der Waals surface area contributed by atoms with Crippen LogP contribution >= 0.6 is 0 Å². The Morgan fingerprint density at radius 3 is 2.70 bits per heavy atom. The van der Waals surface area contributed by atoms with Crippen LogP contribution in [0.4, 0.5) is 10.5 Å². The average Bonchev–Trinajstić information content (AvgIpc) is 3.33. The summed E-state index contributed by atoms with van der Waals surface area (Å²) in [5.41, 5.74) is 1.70. The Kier molecular flexibility index (Phi) is 7.48.